The molecule has 1 heterocycles. The van der Waals surface area contributed by atoms with E-state index in [9.17, 15) is 4.79 Å². The number of carbonyl (C=O) groups excluding carboxylic acids is 1. The molecular weight excluding hydrogens is 324 g/mol. The molecule has 2 aromatic carbocycles. The van der Waals surface area contributed by atoms with Crippen molar-refractivity contribution >= 4 is 11.5 Å². The summed E-state index contributed by atoms with van der Waals surface area (Å²) in [7, 11) is 0. The van der Waals surface area contributed by atoms with E-state index >= 15 is 0 Å². The van der Waals surface area contributed by atoms with Gasteiger partial charge in [0.1, 0.15) is 5.75 Å². The van der Waals surface area contributed by atoms with Crippen molar-refractivity contribution in [3.05, 3.63) is 77.6 Å². The lowest BCUT2D eigenvalue weighted by atomic mass is 10.1. The first-order valence-electron chi connectivity index (χ1n) is 8.84. The first-order valence-corrected chi connectivity index (χ1v) is 8.84. The summed E-state index contributed by atoms with van der Waals surface area (Å²) in [5.41, 5.74) is 4.75. The molecule has 0 fully saturated rings. The van der Waals surface area contributed by atoms with Gasteiger partial charge in [-0.05, 0) is 63.2 Å². The maximum absolute atomic E-state index is 12.7. The van der Waals surface area contributed by atoms with Gasteiger partial charge in [0.05, 0.1) is 13.2 Å². The second kappa shape index (κ2) is 7.91. The molecule has 0 aliphatic carbocycles. The second-order valence-electron chi connectivity index (χ2n) is 6.19. The van der Waals surface area contributed by atoms with E-state index in [-0.39, 0.29) is 12.3 Å². The molecule has 26 heavy (non-hydrogen) atoms. The predicted octanol–water partition coefficient (Wildman–Crippen LogP) is 4.79. The summed E-state index contributed by atoms with van der Waals surface area (Å²) in [6.45, 7) is 6.87. The zero-order valence-corrected chi connectivity index (χ0v) is 15.5. The van der Waals surface area contributed by atoms with E-state index in [1.54, 1.807) is 0 Å². The van der Waals surface area contributed by atoms with Gasteiger partial charge in [0.15, 0.2) is 5.78 Å². The maximum atomic E-state index is 12.7. The summed E-state index contributed by atoms with van der Waals surface area (Å²) < 4.78 is 7.55. The number of hydrogen-bond acceptors (Lipinski definition) is 3. The van der Waals surface area contributed by atoms with Crippen molar-refractivity contribution in [3.63, 3.8) is 0 Å². The SMILES string of the molecule is CCOc1ccc(NCC(=O)c2cc(C)n(-c3ccccc3)c2C)cc1. The van der Waals surface area contributed by atoms with Crippen LogP contribution >= 0.6 is 0 Å². The number of aromatic nitrogens is 1. The van der Waals surface area contributed by atoms with Gasteiger partial charge in [0.25, 0.3) is 0 Å². The molecule has 3 rings (SSSR count). The Hall–Kier alpha value is -3.01. The zero-order valence-electron chi connectivity index (χ0n) is 15.5. The fraction of sp³-hybridized carbons (Fsp3) is 0.227. The zero-order chi connectivity index (χ0) is 18.5. The Morgan fingerprint density at radius 3 is 2.38 bits per heavy atom. The minimum atomic E-state index is 0.0779. The largest absolute Gasteiger partial charge is 0.494 e. The average molecular weight is 348 g/mol. The summed E-state index contributed by atoms with van der Waals surface area (Å²) in [6.07, 6.45) is 0. The van der Waals surface area contributed by atoms with E-state index in [1.165, 1.54) is 0 Å². The van der Waals surface area contributed by atoms with Gasteiger partial charge in [0.2, 0.25) is 0 Å². The van der Waals surface area contributed by atoms with Gasteiger partial charge in [0, 0.05) is 28.3 Å². The molecule has 0 bridgehead atoms. The number of carbonyl (C=O) groups is 1. The summed E-state index contributed by atoms with van der Waals surface area (Å²) in [4.78, 5) is 12.7. The van der Waals surface area contributed by atoms with E-state index in [2.05, 4.69) is 9.88 Å². The molecule has 0 saturated heterocycles. The lowest BCUT2D eigenvalue weighted by Gasteiger charge is -2.10. The Labute approximate surface area is 154 Å². The van der Waals surface area contributed by atoms with Crippen LogP contribution in [0, 0.1) is 13.8 Å². The predicted molar refractivity (Wildman–Crippen MR) is 106 cm³/mol. The third-order valence-electron chi connectivity index (χ3n) is 4.36. The van der Waals surface area contributed by atoms with Crippen LogP contribution in [0.15, 0.2) is 60.7 Å². The Morgan fingerprint density at radius 1 is 1.04 bits per heavy atom. The average Bonchev–Trinajstić information content (AvgIpc) is 2.96. The molecule has 0 aliphatic rings. The third-order valence-corrected chi connectivity index (χ3v) is 4.36. The van der Waals surface area contributed by atoms with E-state index in [4.69, 9.17) is 4.74 Å². The van der Waals surface area contributed by atoms with Crippen LogP contribution in [0.5, 0.6) is 5.75 Å². The fourth-order valence-corrected chi connectivity index (χ4v) is 3.13. The van der Waals surface area contributed by atoms with Crippen LogP contribution in [0.3, 0.4) is 0 Å². The fourth-order valence-electron chi connectivity index (χ4n) is 3.13. The van der Waals surface area contributed by atoms with E-state index in [1.807, 2.05) is 81.4 Å². The quantitative estimate of drug-likeness (QED) is 0.625. The molecule has 1 N–H and O–H groups in total. The number of nitrogens with one attached hydrogen (secondary N) is 1. The van der Waals surface area contributed by atoms with Crippen molar-refractivity contribution in [1.82, 2.24) is 4.57 Å². The Morgan fingerprint density at radius 2 is 1.73 bits per heavy atom. The lowest BCUT2D eigenvalue weighted by molar-refractivity contribution is 0.101. The molecule has 134 valence electrons. The molecule has 0 amide bonds. The number of anilines is 1. The number of ether oxygens (including phenoxy) is 1. The van der Waals surface area contributed by atoms with Crippen molar-refractivity contribution in [2.45, 2.75) is 20.8 Å². The van der Waals surface area contributed by atoms with E-state index in [0.717, 1.165) is 34.1 Å². The molecule has 4 nitrogen and oxygen atoms in total. The van der Waals surface area contributed by atoms with Crippen LogP contribution in [-0.4, -0.2) is 23.5 Å². The molecule has 0 atom stereocenters. The highest BCUT2D eigenvalue weighted by molar-refractivity contribution is 6.00. The van der Waals surface area contributed by atoms with Gasteiger partial charge in [-0.3, -0.25) is 4.79 Å². The summed E-state index contributed by atoms with van der Waals surface area (Å²) in [5, 5.41) is 3.19. The number of benzene rings is 2. The molecule has 3 aromatic rings. The summed E-state index contributed by atoms with van der Waals surface area (Å²) in [5.74, 6) is 0.907. The van der Waals surface area contributed by atoms with Crippen LogP contribution < -0.4 is 10.1 Å². The van der Waals surface area contributed by atoms with Crippen LogP contribution in [-0.2, 0) is 0 Å². The maximum Gasteiger partial charge on any atom is 0.183 e. The van der Waals surface area contributed by atoms with Crippen molar-refractivity contribution in [2.24, 2.45) is 0 Å². The number of aryl methyl sites for hydroxylation is 1. The van der Waals surface area contributed by atoms with Gasteiger partial charge in [-0.15, -0.1) is 0 Å². The topological polar surface area (TPSA) is 43.3 Å². The van der Waals surface area contributed by atoms with Crippen LogP contribution in [0.4, 0.5) is 5.69 Å². The second-order valence-corrected chi connectivity index (χ2v) is 6.19. The monoisotopic (exact) mass is 348 g/mol. The Balaban J connectivity index is 1.72. The Bertz CT molecular complexity index is 881. The van der Waals surface area contributed by atoms with Crippen LogP contribution in [0.25, 0.3) is 5.69 Å². The van der Waals surface area contributed by atoms with E-state index < -0.39 is 0 Å². The molecule has 1 aromatic heterocycles. The number of para-hydroxylation sites is 1. The standard InChI is InChI=1S/C22H24N2O2/c1-4-26-20-12-10-18(11-13-20)23-15-22(25)21-14-16(2)24(17(21)3)19-8-6-5-7-9-19/h5-14,23H,4,15H2,1-3H3. The van der Waals surface area contributed by atoms with Gasteiger partial charge < -0.3 is 14.6 Å². The molecular formula is C22H24N2O2. The van der Waals surface area contributed by atoms with Crippen molar-refractivity contribution in [1.29, 1.82) is 0 Å². The van der Waals surface area contributed by atoms with Crippen molar-refractivity contribution < 1.29 is 9.53 Å². The normalized spacial score (nSPS) is 10.6. The van der Waals surface area contributed by atoms with Crippen LogP contribution in [0.1, 0.15) is 28.7 Å². The molecule has 0 saturated carbocycles. The molecule has 0 spiro atoms. The molecule has 0 unspecified atom stereocenters. The third kappa shape index (κ3) is 3.80. The summed E-state index contributed by atoms with van der Waals surface area (Å²) in [6, 6.07) is 19.7. The number of Topliss-reactive ketones (excluding diaryl/α,β-unsaturated/α-hetero) is 1. The van der Waals surface area contributed by atoms with Crippen molar-refractivity contribution in [2.75, 3.05) is 18.5 Å². The molecule has 0 radical (unpaired) electrons. The smallest absolute Gasteiger partial charge is 0.183 e. The number of hydrogen-bond donors (Lipinski definition) is 1. The van der Waals surface area contributed by atoms with Gasteiger partial charge in [-0.25, -0.2) is 0 Å². The number of rotatable bonds is 7. The number of ketones is 1. The highest BCUT2D eigenvalue weighted by Crippen LogP contribution is 2.21. The van der Waals surface area contributed by atoms with Gasteiger partial charge >= 0.3 is 0 Å². The Kier molecular flexibility index (Phi) is 5.42. The highest BCUT2D eigenvalue weighted by Gasteiger charge is 2.16. The minimum Gasteiger partial charge on any atom is -0.494 e. The molecule has 0 aliphatic heterocycles. The highest BCUT2D eigenvalue weighted by atomic mass is 16.5. The summed E-state index contributed by atoms with van der Waals surface area (Å²) >= 11 is 0. The lowest BCUT2D eigenvalue weighted by Crippen LogP contribution is -2.14. The van der Waals surface area contributed by atoms with E-state index in [0.29, 0.717) is 6.61 Å². The first kappa shape index (κ1) is 17.8. The van der Waals surface area contributed by atoms with Gasteiger partial charge in [-0.2, -0.15) is 0 Å². The number of nitrogens with zero attached hydrogens (tertiary/aromatic N) is 1. The minimum absolute atomic E-state index is 0.0779. The molecule has 4 heteroatoms. The van der Waals surface area contributed by atoms with Crippen molar-refractivity contribution in [3.8, 4) is 11.4 Å². The van der Waals surface area contributed by atoms with Crippen LogP contribution in [0.2, 0.25) is 0 Å². The van der Waals surface area contributed by atoms with Gasteiger partial charge in [-0.1, -0.05) is 18.2 Å². The first-order chi connectivity index (χ1) is 12.6.